The lowest BCUT2D eigenvalue weighted by Crippen LogP contribution is -2.43. The quantitative estimate of drug-likeness (QED) is 0.331. The van der Waals surface area contributed by atoms with Crippen molar-refractivity contribution in [3.8, 4) is 0 Å². The van der Waals surface area contributed by atoms with E-state index in [0.29, 0.717) is 12.6 Å². The third-order valence-electron chi connectivity index (χ3n) is 3.45. The molecule has 1 heterocycles. The molecular formula is C16H26IN3O. The third-order valence-corrected chi connectivity index (χ3v) is 3.45. The summed E-state index contributed by atoms with van der Waals surface area (Å²) in [6.45, 7) is 7.39. The van der Waals surface area contributed by atoms with E-state index in [1.165, 1.54) is 25.7 Å². The smallest absolute Gasteiger partial charge is 0.191 e. The lowest BCUT2D eigenvalue weighted by atomic mass is 10.2. The van der Waals surface area contributed by atoms with Crippen molar-refractivity contribution in [1.82, 2.24) is 10.6 Å². The van der Waals surface area contributed by atoms with Crippen molar-refractivity contribution >= 4 is 29.9 Å². The van der Waals surface area contributed by atoms with Crippen molar-refractivity contribution in [3.63, 3.8) is 0 Å². The number of aliphatic imine (C=N–C) groups is 1. The summed E-state index contributed by atoms with van der Waals surface area (Å²) < 4.78 is 5.33. The van der Waals surface area contributed by atoms with E-state index >= 15 is 0 Å². The van der Waals surface area contributed by atoms with E-state index in [1.54, 1.807) is 6.26 Å². The second-order valence-corrected chi connectivity index (χ2v) is 5.50. The molecule has 0 unspecified atom stereocenters. The maximum Gasteiger partial charge on any atom is 0.191 e. The Kier molecular flexibility index (Phi) is 8.49. The molecule has 21 heavy (non-hydrogen) atoms. The number of hydrogen-bond acceptors (Lipinski definition) is 2. The van der Waals surface area contributed by atoms with E-state index in [9.17, 15) is 0 Å². The number of rotatable bonds is 6. The Balaban J connectivity index is 0.00000220. The predicted molar refractivity (Wildman–Crippen MR) is 98.3 cm³/mol. The molecule has 0 atom stereocenters. The van der Waals surface area contributed by atoms with Gasteiger partial charge in [0.2, 0.25) is 0 Å². The number of hydrogen-bond donors (Lipinski definition) is 2. The van der Waals surface area contributed by atoms with E-state index in [-0.39, 0.29) is 24.0 Å². The first kappa shape index (κ1) is 18.1. The molecule has 0 aromatic carbocycles. The van der Waals surface area contributed by atoms with Crippen LogP contribution in [0.1, 0.15) is 38.4 Å². The fourth-order valence-electron chi connectivity index (χ4n) is 2.39. The van der Waals surface area contributed by atoms with Crippen LogP contribution >= 0.6 is 24.0 Å². The molecule has 4 nitrogen and oxygen atoms in total. The van der Waals surface area contributed by atoms with Crippen LogP contribution in [0.15, 0.2) is 40.0 Å². The summed E-state index contributed by atoms with van der Waals surface area (Å²) in [5, 5.41) is 6.90. The molecule has 0 spiro atoms. The maximum absolute atomic E-state index is 5.33. The van der Waals surface area contributed by atoms with Crippen molar-refractivity contribution in [3.05, 3.63) is 36.3 Å². The number of nitrogens with zero attached hydrogens (tertiary/aromatic N) is 1. The normalized spacial score (nSPS) is 15.6. The molecule has 0 amide bonds. The van der Waals surface area contributed by atoms with Crippen molar-refractivity contribution in [2.24, 2.45) is 4.99 Å². The first-order chi connectivity index (χ1) is 9.74. The minimum absolute atomic E-state index is 0. The largest absolute Gasteiger partial charge is 0.469 e. The molecule has 1 aromatic rings. The molecule has 1 fully saturated rings. The summed E-state index contributed by atoms with van der Waals surface area (Å²) in [4.78, 5) is 4.57. The first-order valence-corrected chi connectivity index (χ1v) is 7.45. The van der Waals surface area contributed by atoms with E-state index < -0.39 is 0 Å². The van der Waals surface area contributed by atoms with Gasteiger partial charge < -0.3 is 15.1 Å². The van der Waals surface area contributed by atoms with Crippen LogP contribution < -0.4 is 10.6 Å². The summed E-state index contributed by atoms with van der Waals surface area (Å²) in [5.74, 6) is 1.89. The SMILES string of the molecule is C=C(C)CN=C(NCCc1ccco1)NC1CCCC1.I. The zero-order chi connectivity index (χ0) is 14.2. The van der Waals surface area contributed by atoms with Crippen LogP contribution in [0.2, 0.25) is 0 Å². The van der Waals surface area contributed by atoms with Gasteiger partial charge in [-0.15, -0.1) is 24.0 Å². The number of furan rings is 1. The van der Waals surface area contributed by atoms with E-state index in [1.807, 2.05) is 19.1 Å². The molecule has 2 N–H and O–H groups in total. The summed E-state index contributed by atoms with van der Waals surface area (Å²) in [7, 11) is 0. The third kappa shape index (κ3) is 7.02. The molecule has 5 heteroatoms. The van der Waals surface area contributed by atoms with Crippen molar-refractivity contribution < 1.29 is 4.42 Å². The van der Waals surface area contributed by atoms with Crippen LogP contribution in [-0.2, 0) is 6.42 Å². The minimum Gasteiger partial charge on any atom is -0.469 e. The Morgan fingerprint density at radius 2 is 2.19 bits per heavy atom. The van der Waals surface area contributed by atoms with E-state index in [4.69, 9.17) is 4.42 Å². The predicted octanol–water partition coefficient (Wildman–Crippen LogP) is 3.49. The van der Waals surface area contributed by atoms with Gasteiger partial charge in [-0.1, -0.05) is 25.0 Å². The molecule has 118 valence electrons. The summed E-state index contributed by atoms with van der Waals surface area (Å²) >= 11 is 0. The molecule has 2 rings (SSSR count). The van der Waals surface area contributed by atoms with Crippen LogP contribution in [0.4, 0.5) is 0 Å². The fraction of sp³-hybridized carbons (Fsp3) is 0.562. The zero-order valence-electron chi connectivity index (χ0n) is 12.7. The van der Waals surface area contributed by atoms with Crippen LogP contribution in [0, 0.1) is 0 Å². The fourth-order valence-corrected chi connectivity index (χ4v) is 2.39. The molecule has 0 radical (unpaired) electrons. The molecular weight excluding hydrogens is 377 g/mol. The lowest BCUT2D eigenvalue weighted by molar-refractivity contribution is 0.506. The second-order valence-electron chi connectivity index (χ2n) is 5.50. The van der Waals surface area contributed by atoms with Crippen molar-refractivity contribution in [2.75, 3.05) is 13.1 Å². The average Bonchev–Trinajstić information content (AvgIpc) is 3.08. The van der Waals surface area contributed by atoms with Gasteiger partial charge in [0, 0.05) is 19.0 Å². The highest BCUT2D eigenvalue weighted by atomic mass is 127. The summed E-state index contributed by atoms with van der Waals surface area (Å²) in [5.41, 5.74) is 1.07. The monoisotopic (exact) mass is 403 g/mol. The van der Waals surface area contributed by atoms with Gasteiger partial charge >= 0.3 is 0 Å². The maximum atomic E-state index is 5.33. The Hall–Kier alpha value is -0.980. The molecule has 0 bridgehead atoms. The van der Waals surface area contributed by atoms with Crippen LogP contribution in [-0.4, -0.2) is 25.1 Å². The van der Waals surface area contributed by atoms with E-state index in [0.717, 1.165) is 30.3 Å². The minimum atomic E-state index is 0. The Bertz CT molecular complexity index is 436. The van der Waals surface area contributed by atoms with Crippen molar-refractivity contribution in [2.45, 2.75) is 45.1 Å². The van der Waals surface area contributed by atoms with Gasteiger partial charge in [-0.25, -0.2) is 4.99 Å². The Morgan fingerprint density at radius 3 is 2.81 bits per heavy atom. The van der Waals surface area contributed by atoms with E-state index in [2.05, 4.69) is 22.2 Å². The topological polar surface area (TPSA) is 49.6 Å². The molecule has 1 saturated carbocycles. The number of nitrogens with one attached hydrogen (secondary N) is 2. The van der Waals surface area contributed by atoms with Gasteiger partial charge in [-0.3, -0.25) is 0 Å². The average molecular weight is 403 g/mol. The van der Waals surface area contributed by atoms with Gasteiger partial charge in [-0.05, 0) is 31.9 Å². The van der Waals surface area contributed by atoms with Crippen LogP contribution in [0.25, 0.3) is 0 Å². The van der Waals surface area contributed by atoms with Gasteiger partial charge in [-0.2, -0.15) is 0 Å². The molecule has 0 aliphatic heterocycles. The highest BCUT2D eigenvalue weighted by molar-refractivity contribution is 14.0. The molecule has 1 aromatic heterocycles. The Labute approximate surface area is 144 Å². The number of guanidine groups is 1. The lowest BCUT2D eigenvalue weighted by Gasteiger charge is -2.17. The summed E-state index contributed by atoms with van der Waals surface area (Å²) in [6, 6.07) is 4.48. The summed E-state index contributed by atoms with van der Waals surface area (Å²) in [6.07, 6.45) is 7.70. The molecule has 1 aliphatic rings. The highest BCUT2D eigenvalue weighted by Crippen LogP contribution is 2.17. The van der Waals surface area contributed by atoms with Crippen LogP contribution in [0.5, 0.6) is 0 Å². The Morgan fingerprint density at radius 1 is 1.43 bits per heavy atom. The molecule has 1 aliphatic carbocycles. The van der Waals surface area contributed by atoms with Gasteiger partial charge in [0.05, 0.1) is 12.8 Å². The highest BCUT2D eigenvalue weighted by Gasteiger charge is 2.15. The molecule has 0 saturated heterocycles. The van der Waals surface area contributed by atoms with Gasteiger partial charge in [0.25, 0.3) is 0 Å². The standard InChI is InChI=1S/C16H25N3O.HI/c1-13(2)12-18-16(19-14-6-3-4-7-14)17-10-9-15-8-5-11-20-15;/h5,8,11,14H,1,3-4,6-7,9-10,12H2,2H3,(H2,17,18,19);1H. The van der Waals surface area contributed by atoms with Crippen LogP contribution in [0.3, 0.4) is 0 Å². The van der Waals surface area contributed by atoms with Crippen molar-refractivity contribution in [1.29, 1.82) is 0 Å². The van der Waals surface area contributed by atoms with Gasteiger partial charge in [0.15, 0.2) is 5.96 Å². The number of halogens is 1. The first-order valence-electron chi connectivity index (χ1n) is 7.45. The zero-order valence-corrected chi connectivity index (χ0v) is 15.1. The second kappa shape index (κ2) is 9.87. The van der Waals surface area contributed by atoms with Gasteiger partial charge in [0.1, 0.15) is 5.76 Å².